The van der Waals surface area contributed by atoms with E-state index in [0.717, 1.165) is 26.1 Å². The van der Waals surface area contributed by atoms with Gasteiger partial charge in [0.05, 0.1) is 12.7 Å². The van der Waals surface area contributed by atoms with Gasteiger partial charge >= 0.3 is 0 Å². The highest BCUT2D eigenvalue weighted by molar-refractivity contribution is 4.81. The van der Waals surface area contributed by atoms with Gasteiger partial charge in [0.25, 0.3) is 0 Å². The van der Waals surface area contributed by atoms with Crippen molar-refractivity contribution in [2.24, 2.45) is 0 Å². The summed E-state index contributed by atoms with van der Waals surface area (Å²) >= 11 is 0. The van der Waals surface area contributed by atoms with Gasteiger partial charge in [-0.1, -0.05) is 0 Å². The summed E-state index contributed by atoms with van der Waals surface area (Å²) in [5, 5.41) is 9.13. The van der Waals surface area contributed by atoms with Crippen molar-refractivity contribution in [3.8, 4) is 0 Å². The van der Waals surface area contributed by atoms with Crippen LogP contribution in [0.25, 0.3) is 0 Å². The smallest absolute Gasteiger partial charge is 0.0702 e. The molecule has 2 aliphatic rings. The second kappa shape index (κ2) is 4.40. The van der Waals surface area contributed by atoms with Gasteiger partial charge < -0.3 is 9.84 Å². The molecule has 2 atom stereocenters. The Morgan fingerprint density at radius 2 is 2.23 bits per heavy atom. The minimum Gasteiger partial charge on any atom is -0.395 e. The Labute approximate surface area is 79.7 Å². The van der Waals surface area contributed by atoms with E-state index in [4.69, 9.17) is 9.84 Å². The third-order valence-corrected chi connectivity index (χ3v) is 3.17. The van der Waals surface area contributed by atoms with Gasteiger partial charge in [0.1, 0.15) is 0 Å². The van der Waals surface area contributed by atoms with Crippen LogP contribution in [-0.2, 0) is 4.74 Å². The first-order valence-electron chi connectivity index (χ1n) is 5.36. The minimum absolute atomic E-state index is 0.312. The molecule has 0 radical (unpaired) electrons. The van der Waals surface area contributed by atoms with E-state index in [2.05, 4.69) is 4.90 Å². The first kappa shape index (κ1) is 9.44. The van der Waals surface area contributed by atoms with Gasteiger partial charge in [0.15, 0.2) is 0 Å². The molecule has 0 aliphatic carbocycles. The zero-order valence-electron chi connectivity index (χ0n) is 8.11. The first-order chi connectivity index (χ1) is 6.40. The Kier molecular flexibility index (Phi) is 3.19. The molecular formula is C10H19NO2. The number of nitrogens with zero attached hydrogens (tertiary/aromatic N) is 1. The molecule has 76 valence electrons. The molecular weight excluding hydrogens is 166 g/mol. The fourth-order valence-corrected chi connectivity index (χ4v) is 2.39. The van der Waals surface area contributed by atoms with Crippen LogP contribution >= 0.6 is 0 Å². The number of aliphatic hydroxyl groups excluding tert-OH is 1. The maximum Gasteiger partial charge on any atom is 0.0702 e. The van der Waals surface area contributed by atoms with Crippen LogP contribution in [0.2, 0.25) is 0 Å². The normalized spacial score (nSPS) is 35.8. The maximum atomic E-state index is 9.13. The molecule has 0 spiro atoms. The molecule has 2 heterocycles. The Bertz CT molecular complexity index is 157. The largest absolute Gasteiger partial charge is 0.395 e. The molecule has 0 aromatic carbocycles. The van der Waals surface area contributed by atoms with Crippen LogP contribution in [0.5, 0.6) is 0 Å². The summed E-state index contributed by atoms with van der Waals surface area (Å²) in [5.74, 6) is 0. The number of ether oxygens (including phenoxy) is 1. The number of hydrogen-bond donors (Lipinski definition) is 1. The fraction of sp³-hybridized carbons (Fsp3) is 1.00. The third kappa shape index (κ3) is 2.22. The summed E-state index contributed by atoms with van der Waals surface area (Å²) in [6.45, 7) is 3.42. The van der Waals surface area contributed by atoms with Gasteiger partial charge in [-0.2, -0.15) is 0 Å². The Balaban J connectivity index is 1.79. The molecule has 0 amide bonds. The summed E-state index contributed by atoms with van der Waals surface area (Å²) in [6, 6.07) is 0.407. The van der Waals surface area contributed by atoms with Crippen LogP contribution in [-0.4, -0.2) is 48.5 Å². The summed E-state index contributed by atoms with van der Waals surface area (Å²) in [6.07, 6.45) is 5.24. The Hall–Kier alpha value is -0.120. The fourth-order valence-electron chi connectivity index (χ4n) is 2.39. The van der Waals surface area contributed by atoms with E-state index < -0.39 is 0 Å². The molecule has 0 bridgehead atoms. The average Bonchev–Trinajstić information content (AvgIpc) is 2.76. The van der Waals surface area contributed by atoms with Gasteiger partial charge in [-0.05, 0) is 32.2 Å². The lowest BCUT2D eigenvalue weighted by Gasteiger charge is -2.25. The first-order valence-corrected chi connectivity index (χ1v) is 5.36. The van der Waals surface area contributed by atoms with E-state index in [-0.39, 0.29) is 0 Å². The van der Waals surface area contributed by atoms with E-state index in [9.17, 15) is 0 Å². The second-order valence-electron chi connectivity index (χ2n) is 4.11. The molecule has 2 aliphatic heterocycles. The number of aliphatic hydroxyl groups is 1. The summed E-state index contributed by atoms with van der Waals surface area (Å²) < 4.78 is 5.58. The topological polar surface area (TPSA) is 32.7 Å². The Morgan fingerprint density at radius 1 is 1.31 bits per heavy atom. The van der Waals surface area contributed by atoms with Crippen LogP contribution in [0.15, 0.2) is 0 Å². The maximum absolute atomic E-state index is 9.13. The van der Waals surface area contributed by atoms with Crippen LogP contribution in [0, 0.1) is 0 Å². The number of rotatable bonds is 3. The lowest BCUT2D eigenvalue weighted by molar-refractivity contribution is 0.0579. The highest BCUT2D eigenvalue weighted by Crippen LogP contribution is 2.20. The van der Waals surface area contributed by atoms with E-state index in [1.165, 1.54) is 19.3 Å². The third-order valence-electron chi connectivity index (χ3n) is 3.17. The molecule has 0 aromatic heterocycles. The minimum atomic E-state index is 0.312. The molecule has 3 heteroatoms. The molecule has 2 saturated heterocycles. The standard InChI is InChI=1S/C10H19NO2/c12-8-9-3-1-5-11(9)7-10-4-2-6-13-10/h9-10,12H,1-8H2/t9-,10?/m0/s1. The monoisotopic (exact) mass is 185 g/mol. The van der Waals surface area contributed by atoms with Gasteiger partial charge in [-0.3, -0.25) is 4.90 Å². The SMILES string of the molecule is OC[C@@H]1CCCN1CC1CCCO1. The predicted octanol–water partition coefficient (Wildman–Crippen LogP) is 0.622. The van der Waals surface area contributed by atoms with E-state index in [0.29, 0.717) is 18.8 Å². The Morgan fingerprint density at radius 3 is 2.92 bits per heavy atom. The highest BCUT2D eigenvalue weighted by atomic mass is 16.5. The van der Waals surface area contributed by atoms with Crippen LogP contribution < -0.4 is 0 Å². The predicted molar refractivity (Wildman–Crippen MR) is 50.7 cm³/mol. The van der Waals surface area contributed by atoms with Crippen molar-refractivity contribution in [3.05, 3.63) is 0 Å². The summed E-state index contributed by atoms with van der Waals surface area (Å²) in [5.41, 5.74) is 0. The average molecular weight is 185 g/mol. The van der Waals surface area contributed by atoms with E-state index >= 15 is 0 Å². The van der Waals surface area contributed by atoms with Gasteiger partial charge in [-0.15, -0.1) is 0 Å². The van der Waals surface area contributed by atoms with Crippen molar-refractivity contribution in [3.63, 3.8) is 0 Å². The zero-order valence-corrected chi connectivity index (χ0v) is 8.11. The number of hydrogen-bond acceptors (Lipinski definition) is 3. The number of likely N-dealkylation sites (tertiary alicyclic amines) is 1. The van der Waals surface area contributed by atoms with Gasteiger partial charge in [0.2, 0.25) is 0 Å². The van der Waals surface area contributed by atoms with Crippen molar-refractivity contribution in [2.75, 3.05) is 26.3 Å². The van der Waals surface area contributed by atoms with E-state index in [1.54, 1.807) is 0 Å². The molecule has 1 unspecified atom stereocenters. The lowest BCUT2D eigenvalue weighted by atomic mass is 10.2. The quantitative estimate of drug-likeness (QED) is 0.699. The second-order valence-corrected chi connectivity index (χ2v) is 4.11. The zero-order chi connectivity index (χ0) is 9.10. The van der Waals surface area contributed by atoms with Crippen molar-refractivity contribution >= 4 is 0 Å². The molecule has 0 aromatic rings. The van der Waals surface area contributed by atoms with Crippen LogP contribution in [0.3, 0.4) is 0 Å². The summed E-state index contributed by atoms with van der Waals surface area (Å²) in [7, 11) is 0. The van der Waals surface area contributed by atoms with Crippen LogP contribution in [0.4, 0.5) is 0 Å². The molecule has 13 heavy (non-hydrogen) atoms. The van der Waals surface area contributed by atoms with Gasteiger partial charge in [0, 0.05) is 19.2 Å². The van der Waals surface area contributed by atoms with Crippen molar-refractivity contribution in [1.82, 2.24) is 4.90 Å². The molecule has 2 fully saturated rings. The van der Waals surface area contributed by atoms with E-state index in [1.807, 2.05) is 0 Å². The van der Waals surface area contributed by atoms with Crippen molar-refractivity contribution in [1.29, 1.82) is 0 Å². The van der Waals surface area contributed by atoms with Gasteiger partial charge in [-0.25, -0.2) is 0 Å². The molecule has 2 rings (SSSR count). The lowest BCUT2D eigenvalue weighted by Crippen LogP contribution is -2.37. The molecule has 1 N–H and O–H groups in total. The molecule has 3 nitrogen and oxygen atoms in total. The van der Waals surface area contributed by atoms with Crippen LogP contribution in [0.1, 0.15) is 25.7 Å². The van der Waals surface area contributed by atoms with Crippen molar-refractivity contribution < 1.29 is 9.84 Å². The molecule has 0 saturated carbocycles. The van der Waals surface area contributed by atoms with Crippen molar-refractivity contribution in [2.45, 2.75) is 37.8 Å². The highest BCUT2D eigenvalue weighted by Gasteiger charge is 2.27. The summed E-state index contributed by atoms with van der Waals surface area (Å²) in [4.78, 5) is 2.38.